The van der Waals surface area contributed by atoms with E-state index in [9.17, 15) is 0 Å². The molecule has 2 aromatic rings. The quantitative estimate of drug-likeness (QED) is 0.224. The smallest absolute Gasteiger partial charge is 0.119 e. The van der Waals surface area contributed by atoms with Gasteiger partial charge < -0.3 is 9.47 Å². The maximum atomic E-state index is 5.83. The molecular weight excluding hydrogens is 360 g/mol. The Bertz CT molecular complexity index is 681. The van der Waals surface area contributed by atoms with E-state index in [1.807, 2.05) is 55.5 Å². The molecule has 0 radical (unpaired) electrons. The Balaban J connectivity index is 1.60. The van der Waals surface area contributed by atoms with Gasteiger partial charge in [0.2, 0.25) is 0 Å². The summed E-state index contributed by atoms with van der Waals surface area (Å²) in [6, 6.07) is 15.4. The summed E-state index contributed by atoms with van der Waals surface area (Å²) in [6.07, 6.45) is 11.9. The van der Waals surface area contributed by atoms with E-state index in [-0.39, 0.29) is 0 Å². The van der Waals surface area contributed by atoms with Crippen LogP contribution in [-0.2, 0) is 0 Å². The van der Waals surface area contributed by atoms with Crippen molar-refractivity contribution in [1.82, 2.24) is 0 Å². The molecule has 0 aliphatic rings. The van der Waals surface area contributed by atoms with Gasteiger partial charge in [0, 0.05) is 0 Å². The predicted molar refractivity (Wildman–Crippen MR) is 121 cm³/mol. The maximum absolute atomic E-state index is 5.83. The first-order valence-corrected chi connectivity index (χ1v) is 11.2. The highest BCUT2D eigenvalue weighted by molar-refractivity contribution is 5.44. The zero-order chi connectivity index (χ0) is 20.6. The first-order valence-electron chi connectivity index (χ1n) is 11.2. The van der Waals surface area contributed by atoms with Gasteiger partial charge in [-0.15, -0.1) is 0 Å². The fraction of sp³-hybridized carbons (Fsp3) is 0.520. The molecule has 0 amide bonds. The molecule has 2 aromatic carbocycles. The Kier molecular flexibility index (Phi) is 11.6. The van der Waals surface area contributed by atoms with Crippen LogP contribution in [-0.4, -0.2) is 13.2 Å². The number of unbranched alkanes of at least 4 members (excludes halogenated alkanes) is 8. The van der Waals surface area contributed by atoms with E-state index in [0.717, 1.165) is 35.9 Å². The molecule has 29 heavy (non-hydrogen) atoms. The van der Waals surface area contributed by atoms with Crippen LogP contribution >= 0.6 is 0 Å². The minimum atomic E-state index is 0.661. The maximum Gasteiger partial charge on any atom is 0.119 e. The van der Waals surface area contributed by atoms with Gasteiger partial charge in [0.05, 0.1) is 24.6 Å². The molecule has 0 fully saturated rings. The zero-order valence-corrected chi connectivity index (χ0v) is 18.1. The Labute approximate surface area is 176 Å². The van der Waals surface area contributed by atoms with E-state index in [0.29, 0.717) is 6.61 Å². The zero-order valence-electron chi connectivity index (χ0n) is 18.1. The summed E-state index contributed by atoms with van der Waals surface area (Å²) < 4.78 is 11.3. The van der Waals surface area contributed by atoms with Crippen molar-refractivity contribution in [2.45, 2.75) is 71.6 Å². The summed E-state index contributed by atoms with van der Waals surface area (Å²) in [5, 5.41) is 8.54. The highest BCUT2D eigenvalue weighted by Crippen LogP contribution is 2.23. The second kappa shape index (κ2) is 14.6. The first kappa shape index (κ1) is 22.9. The average Bonchev–Trinajstić information content (AvgIpc) is 2.76. The minimum absolute atomic E-state index is 0.661. The second-order valence-electron chi connectivity index (χ2n) is 7.30. The minimum Gasteiger partial charge on any atom is -0.494 e. The topological polar surface area (TPSA) is 43.2 Å². The van der Waals surface area contributed by atoms with Gasteiger partial charge in [-0.25, -0.2) is 0 Å². The number of azo groups is 1. The van der Waals surface area contributed by atoms with Crippen LogP contribution in [0.5, 0.6) is 11.5 Å². The number of hydrogen-bond donors (Lipinski definition) is 0. The molecule has 0 spiro atoms. The van der Waals surface area contributed by atoms with Crippen LogP contribution in [0.3, 0.4) is 0 Å². The number of benzene rings is 2. The van der Waals surface area contributed by atoms with Gasteiger partial charge in [0.15, 0.2) is 0 Å². The van der Waals surface area contributed by atoms with E-state index >= 15 is 0 Å². The number of ether oxygens (including phenoxy) is 2. The van der Waals surface area contributed by atoms with Crippen LogP contribution in [0, 0.1) is 0 Å². The standard InChI is InChI=1S/C25H36N2O2/c1-3-5-6-7-8-9-10-11-12-21-29-25-19-15-23(16-20-25)27-26-22-13-17-24(18-14-22)28-4-2/h13-20H,3-12,21H2,1-2H3/b27-26+. The predicted octanol–water partition coefficient (Wildman–Crippen LogP) is 8.41. The molecule has 158 valence electrons. The van der Waals surface area contributed by atoms with Gasteiger partial charge in [0.25, 0.3) is 0 Å². The van der Waals surface area contributed by atoms with Gasteiger partial charge in [-0.1, -0.05) is 58.3 Å². The third kappa shape index (κ3) is 10.1. The SMILES string of the molecule is CCCCCCCCCCCOc1ccc(/N=N/c2ccc(OCC)cc2)cc1. The van der Waals surface area contributed by atoms with Crippen molar-refractivity contribution >= 4 is 11.4 Å². The van der Waals surface area contributed by atoms with Crippen molar-refractivity contribution in [3.05, 3.63) is 48.5 Å². The van der Waals surface area contributed by atoms with Crippen LogP contribution in [0.4, 0.5) is 11.4 Å². The first-order chi connectivity index (χ1) is 14.3. The van der Waals surface area contributed by atoms with Crippen molar-refractivity contribution in [3.8, 4) is 11.5 Å². The molecule has 4 nitrogen and oxygen atoms in total. The molecule has 0 aromatic heterocycles. The van der Waals surface area contributed by atoms with Crippen molar-refractivity contribution in [3.63, 3.8) is 0 Å². The Morgan fingerprint density at radius 2 is 1.00 bits per heavy atom. The fourth-order valence-corrected chi connectivity index (χ4v) is 3.10. The summed E-state index contributed by atoms with van der Waals surface area (Å²) in [7, 11) is 0. The molecule has 0 atom stereocenters. The average molecular weight is 397 g/mol. The van der Waals surface area contributed by atoms with Crippen molar-refractivity contribution < 1.29 is 9.47 Å². The molecule has 0 bridgehead atoms. The lowest BCUT2D eigenvalue weighted by Gasteiger charge is -2.06. The summed E-state index contributed by atoms with van der Waals surface area (Å²) in [5.74, 6) is 1.74. The van der Waals surface area contributed by atoms with Crippen LogP contribution in [0.15, 0.2) is 58.8 Å². The third-order valence-corrected chi connectivity index (χ3v) is 4.78. The second-order valence-corrected chi connectivity index (χ2v) is 7.30. The van der Waals surface area contributed by atoms with Crippen LogP contribution < -0.4 is 9.47 Å². The summed E-state index contributed by atoms with van der Waals surface area (Å²) in [5.41, 5.74) is 1.62. The van der Waals surface area contributed by atoms with Crippen molar-refractivity contribution in [1.29, 1.82) is 0 Å². The highest BCUT2D eigenvalue weighted by Gasteiger charge is 1.97. The molecule has 4 heteroatoms. The molecule has 0 aliphatic heterocycles. The van der Waals surface area contributed by atoms with E-state index in [1.165, 1.54) is 51.4 Å². The van der Waals surface area contributed by atoms with Crippen LogP contribution in [0.2, 0.25) is 0 Å². The van der Waals surface area contributed by atoms with E-state index in [4.69, 9.17) is 9.47 Å². The van der Waals surface area contributed by atoms with Gasteiger partial charge in [-0.3, -0.25) is 0 Å². The number of rotatable bonds is 15. The van der Waals surface area contributed by atoms with E-state index in [1.54, 1.807) is 0 Å². The molecule has 2 rings (SSSR count). The van der Waals surface area contributed by atoms with Gasteiger partial charge >= 0.3 is 0 Å². The van der Waals surface area contributed by atoms with Crippen molar-refractivity contribution in [2.24, 2.45) is 10.2 Å². The molecule has 0 saturated heterocycles. The largest absolute Gasteiger partial charge is 0.494 e. The van der Waals surface area contributed by atoms with Crippen LogP contribution in [0.1, 0.15) is 71.6 Å². The molecule has 0 saturated carbocycles. The lowest BCUT2D eigenvalue weighted by atomic mass is 10.1. The lowest BCUT2D eigenvalue weighted by molar-refractivity contribution is 0.304. The lowest BCUT2D eigenvalue weighted by Crippen LogP contribution is -1.96. The molecular formula is C25H36N2O2. The normalized spacial score (nSPS) is 11.1. The number of nitrogens with zero attached hydrogens (tertiary/aromatic N) is 2. The molecule has 0 unspecified atom stereocenters. The summed E-state index contributed by atoms with van der Waals surface area (Å²) in [4.78, 5) is 0. The van der Waals surface area contributed by atoms with Gasteiger partial charge in [-0.05, 0) is 61.9 Å². The fourth-order valence-electron chi connectivity index (χ4n) is 3.10. The van der Waals surface area contributed by atoms with Crippen molar-refractivity contribution in [2.75, 3.05) is 13.2 Å². The molecule has 0 N–H and O–H groups in total. The van der Waals surface area contributed by atoms with E-state index < -0.39 is 0 Å². The van der Waals surface area contributed by atoms with E-state index in [2.05, 4.69) is 17.2 Å². The number of hydrogen-bond acceptors (Lipinski definition) is 4. The summed E-state index contributed by atoms with van der Waals surface area (Å²) >= 11 is 0. The van der Waals surface area contributed by atoms with Gasteiger partial charge in [-0.2, -0.15) is 10.2 Å². The Morgan fingerprint density at radius 1 is 0.552 bits per heavy atom. The monoisotopic (exact) mass is 396 g/mol. The molecule has 0 aliphatic carbocycles. The summed E-state index contributed by atoms with van der Waals surface area (Å²) in [6.45, 7) is 5.68. The van der Waals surface area contributed by atoms with Crippen LogP contribution in [0.25, 0.3) is 0 Å². The van der Waals surface area contributed by atoms with Gasteiger partial charge in [0.1, 0.15) is 11.5 Å². The Hall–Kier alpha value is -2.36. The molecule has 0 heterocycles. The highest BCUT2D eigenvalue weighted by atomic mass is 16.5. The Morgan fingerprint density at radius 3 is 1.48 bits per heavy atom. The third-order valence-electron chi connectivity index (χ3n) is 4.78.